The maximum Gasteiger partial charge on any atom is 0.333 e. The highest BCUT2D eigenvalue weighted by atomic mass is 16.3. The molecule has 1 heterocycles. The van der Waals surface area contributed by atoms with E-state index in [0.717, 1.165) is 22.0 Å². The Hall–Kier alpha value is -1.85. The van der Waals surface area contributed by atoms with Crippen molar-refractivity contribution in [2.75, 3.05) is 6.54 Å². The largest absolute Gasteiger partial charge is 0.494 e. The van der Waals surface area contributed by atoms with Crippen LogP contribution in [-0.4, -0.2) is 27.0 Å². The van der Waals surface area contributed by atoms with Gasteiger partial charge in [-0.15, -0.1) is 0 Å². The zero-order valence-electron chi connectivity index (χ0n) is 20.2. The molecule has 0 bridgehead atoms. The van der Waals surface area contributed by atoms with Crippen molar-refractivity contribution in [2.24, 2.45) is 19.1 Å². The highest BCUT2D eigenvalue weighted by molar-refractivity contribution is 5.81. The Kier molecular flexibility index (Phi) is 14.7. The zero-order chi connectivity index (χ0) is 22.9. The predicted octanol–water partition coefficient (Wildman–Crippen LogP) is 5.47. The van der Waals surface area contributed by atoms with E-state index in [1.54, 1.807) is 0 Å². The summed E-state index contributed by atoms with van der Waals surface area (Å²) in [4.78, 5) is 28.1. The van der Waals surface area contributed by atoms with Gasteiger partial charge in [0.1, 0.15) is 5.56 Å². The van der Waals surface area contributed by atoms with Crippen LogP contribution < -0.4 is 11.2 Å². The molecule has 0 saturated heterocycles. The van der Waals surface area contributed by atoms with Crippen LogP contribution in [0.1, 0.15) is 115 Å². The van der Waals surface area contributed by atoms with E-state index in [0.29, 0.717) is 6.54 Å². The van der Waals surface area contributed by atoms with Crippen LogP contribution in [0.3, 0.4) is 0 Å². The number of nitrogens with zero attached hydrogens (tertiary/aromatic N) is 3. The Balaban J connectivity index is 2.00. The van der Waals surface area contributed by atoms with E-state index >= 15 is 0 Å². The first-order chi connectivity index (χ1) is 15.0. The molecule has 0 saturated carbocycles. The van der Waals surface area contributed by atoms with Crippen molar-refractivity contribution in [2.45, 2.75) is 110 Å². The minimum Gasteiger partial charge on any atom is -0.494 e. The fraction of sp³-hybridized carbons (Fsp3) is 0.800. The second kappa shape index (κ2) is 16.8. The normalized spacial score (nSPS) is 11.6. The Bertz CT molecular complexity index is 750. The molecule has 1 N–H and O–H groups in total. The first-order valence-electron chi connectivity index (χ1n) is 12.5. The topological polar surface area (TPSA) is 76.6 Å². The molecule has 6 heteroatoms. The molecule has 0 aromatic carbocycles. The Morgan fingerprint density at radius 1 is 0.710 bits per heavy atom. The monoisotopic (exact) mass is 435 g/mol. The van der Waals surface area contributed by atoms with E-state index in [-0.39, 0.29) is 11.4 Å². The van der Waals surface area contributed by atoms with Crippen LogP contribution in [0.4, 0.5) is 0 Å². The van der Waals surface area contributed by atoms with Crippen LogP contribution in [0.25, 0.3) is 0 Å². The predicted molar refractivity (Wildman–Crippen MR) is 131 cm³/mol. The van der Waals surface area contributed by atoms with Crippen molar-refractivity contribution in [1.82, 2.24) is 9.13 Å². The van der Waals surface area contributed by atoms with E-state index in [1.165, 1.54) is 110 Å². The van der Waals surface area contributed by atoms with Crippen LogP contribution in [-0.2, 0) is 14.1 Å². The van der Waals surface area contributed by atoms with Crippen molar-refractivity contribution in [3.8, 4) is 5.88 Å². The zero-order valence-corrected chi connectivity index (χ0v) is 20.2. The van der Waals surface area contributed by atoms with Gasteiger partial charge in [-0.25, -0.2) is 4.79 Å². The highest BCUT2D eigenvalue weighted by Gasteiger charge is 2.12. The molecule has 0 fully saturated rings. The lowest BCUT2D eigenvalue weighted by atomic mass is 10.0. The molecule has 0 radical (unpaired) electrons. The van der Waals surface area contributed by atoms with Gasteiger partial charge in [-0.1, -0.05) is 103 Å². The molecule has 0 aliphatic carbocycles. The second-order valence-electron chi connectivity index (χ2n) is 8.78. The van der Waals surface area contributed by atoms with Crippen LogP contribution in [0.2, 0.25) is 0 Å². The lowest BCUT2D eigenvalue weighted by molar-refractivity contribution is 0.410. The van der Waals surface area contributed by atoms with Crippen LogP contribution in [0.15, 0.2) is 14.6 Å². The van der Waals surface area contributed by atoms with Gasteiger partial charge in [-0.3, -0.25) is 18.9 Å². The highest BCUT2D eigenvalue weighted by Crippen LogP contribution is 2.13. The third-order valence-electron chi connectivity index (χ3n) is 6.03. The minimum atomic E-state index is -0.544. The van der Waals surface area contributed by atoms with Crippen molar-refractivity contribution in [3.63, 3.8) is 0 Å². The van der Waals surface area contributed by atoms with Gasteiger partial charge in [0.25, 0.3) is 5.56 Å². The Morgan fingerprint density at radius 3 is 1.58 bits per heavy atom. The van der Waals surface area contributed by atoms with Crippen LogP contribution >= 0.6 is 0 Å². The second-order valence-corrected chi connectivity index (χ2v) is 8.78. The van der Waals surface area contributed by atoms with E-state index < -0.39 is 11.2 Å². The molecule has 1 aromatic heterocycles. The summed E-state index contributed by atoms with van der Waals surface area (Å²) < 4.78 is 2.03. The third-order valence-corrected chi connectivity index (χ3v) is 6.03. The summed E-state index contributed by atoms with van der Waals surface area (Å²) in [5.74, 6) is -0.330. The average molecular weight is 436 g/mol. The minimum absolute atomic E-state index is 0.0705. The van der Waals surface area contributed by atoms with E-state index in [2.05, 4.69) is 11.9 Å². The number of hydrogen-bond donors (Lipinski definition) is 1. The summed E-state index contributed by atoms with van der Waals surface area (Å²) in [6, 6.07) is 0. The molecule has 1 rings (SSSR count). The fourth-order valence-corrected chi connectivity index (χ4v) is 3.88. The molecule has 178 valence electrons. The molecular weight excluding hydrogens is 390 g/mol. The fourth-order valence-electron chi connectivity index (χ4n) is 3.88. The SMILES string of the molecule is CCCCCCCCCCCCCCCCCCN=Cc1c(O)n(C)c(=O)n(C)c1=O. The number of rotatable bonds is 18. The molecule has 0 amide bonds. The number of aromatic nitrogens is 2. The summed E-state index contributed by atoms with van der Waals surface area (Å²) in [6.07, 6.45) is 22.7. The molecule has 0 spiro atoms. The maximum atomic E-state index is 12.1. The summed E-state index contributed by atoms with van der Waals surface area (Å²) in [5, 5.41) is 9.99. The van der Waals surface area contributed by atoms with Crippen LogP contribution in [0, 0.1) is 0 Å². The third kappa shape index (κ3) is 10.8. The molecule has 0 aliphatic rings. The molecule has 0 atom stereocenters. The Morgan fingerprint density at radius 2 is 1.13 bits per heavy atom. The molecule has 0 unspecified atom stereocenters. The number of unbranched alkanes of at least 4 members (excludes halogenated alkanes) is 15. The lowest BCUT2D eigenvalue weighted by Gasteiger charge is -2.07. The van der Waals surface area contributed by atoms with E-state index in [4.69, 9.17) is 0 Å². The smallest absolute Gasteiger partial charge is 0.333 e. The van der Waals surface area contributed by atoms with Crippen molar-refractivity contribution in [1.29, 1.82) is 0 Å². The number of aromatic hydroxyl groups is 1. The summed E-state index contributed by atoms with van der Waals surface area (Å²) in [7, 11) is 2.83. The van der Waals surface area contributed by atoms with Gasteiger partial charge in [0.05, 0.1) is 0 Å². The van der Waals surface area contributed by atoms with Crippen molar-refractivity contribution < 1.29 is 5.11 Å². The average Bonchev–Trinajstić information content (AvgIpc) is 2.77. The van der Waals surface area contributed by atoms with Gasteiger partial charge >= 0.3 is 5.69 Å². The molecule has 6 nitrogen and oxygen atoms in total. The Labute approximate surface area is 188 Å². The van der Waals surface area contributed by atoms with Crippen molar-refractivity contribution in [3.05, 3.63) is 26.4 Å². The van der Waals surface area contributed by atoms with Crippen molar-refractivity contribution >= 4 is 6.21 Å². The summed E-state index contributed by atoms with van der Waals surface area (Å²) in [6.45, 7) is 2.90. The van der Waals surface area contributed by atoms with Gasteiger partial charge in [0.15, 0.2) is 0 Å². The van der Waals surface area contributed by atoms with Gasteiger partial charge in [0.2, 0.25) is 5.88 Å². The van der Waals surface area contributed by atoms with E-state index in [9.17, 15) is 14.7 Å². The number of aliphatic imine (C=N–C) groups is 1. The van der Waals surface area contributed by atoms with Gasteiger partial charge < -0.3 is 5.11 Å². The molecule has 1 aromatic rings. The summed E-state index contributed by atoms with van der Waals surface area (Å²) in [5.41, 5.74) is -0.991. The van der Waals surface area contributed by atoms with Gasteiger partial charge in [-0.2, -0.15) is 0 Å². The van der Waals surface area contributed by atoms with Gasteiger partial charge in [0, 0.05) is 26.9 Å². The van der Waals surface area contributed by atoms with Crippen LogP contribution in [0.5, 0.6) is 5.88 Å². The summed E-state index contributed by atoms with van der Waals surface area (Å²) >= 11 is 0. The van der Waals surface area contributed by atoms with Gasteiger partial charge in [-0.05, 0) is 6.42 Å². The quantitative estimate of drug-likeness (QED) is 0.245. The first-order valence-corrected chi connectivity index (χ1v) is 12.5. The number of hydrogen-bond acceptors (Lipinski definition) is 4. The molecular formula is C25H45N3O3. The lowest BCUT2D eigenvalue weighted by Crippen LogP contribution is -2.38. The standard InChI is InChI=1S/C25H45N3O3/c1-4-5-6-7-8-9-10-11-12-13-14-15-16-17-18-19-20-26-21-22-23(29)27(2)25(31)28(3)24(22)30/h21,29H,4-20H2,1-3H3. The molecule has 0 aliphatic heterocycles. The maximum absolute atomic E-state index is 12.1. The molecule has 31 heavy (non-hydrogen) atoms. The van der Waals surface area contributed by atoms with E-state index in [1.807, 2.05) is 0 Å². The first kappa shape index (κ1) is 27.2.